The first-order valence-corrected chi connectivity index (χ1v) is 10.7. The Bertz CT molecular complexity index is 1010. The van der Waals surface area contributed by atoms with Gasteiger partial charge in [0.15, 0.2) is 11.5 Å². The van der Waals surface area contributed by atoms with Crippen molar-refractivity contribution in [3.8, 4) is 11.5 Å². The van der Waals surface area contributed by atoms with E-state index in [2.05, 4.69) is 21.2 Å². The van der Waals surface area contributed by atoms with Crippen LogP contribution in [0, 0.1) is 0 Å². The number of carbonyl (C=O) groups is 2. The van der Waals surface area contributed by atoms with Crippen LogP contribution in [0.15, 0.2) is 58.2 Å². The molecule has 1 atom stereocenters. The van der Waals surface area contributed by atoms with Gasteiger partial charge in [0.25, 0.3) is 0 Å². The van der Waals surface area contributed by atoms with E-state index in [4.69, 9.17) is 9.47 Å². The van der Waals surface area contributed by atoms with Crippen LogP contribution in [0.5, 0.6) is 11.5 Å². The van der Waals surface area contributed by atoms with Crippen molar-refractivity contribution in [3.05, 3.63) is 69.3 Å². The van der Waals surface area contributed by atoms with Gasteiger partial charge in [-0.1, -0.05) is 30.3 Å². The van der Waals surface area contributed by atoms with Crippen molar-refractivity contribution < 1.29 is 24.2 Å². The lowest BCUT2D eigenvalue weighted by Gasteiger charge is -2.35. The molecular weight excluding hydrogens is 464 g/mol. The van der Waals surface area contributed by atoms with E-state index < -0.39 is 12.0 Å². The summed E-state index contributed by atoms with van der Waals surface area (Å²) in [6.07, 6.45) is 0.644. The first-order chi connectivity index (χ1) is 14.9. The molecule has 2 aromatic rings. The molecule has 2 amide bonds. The van der Waals surface area contributed by atoms with E-state index in [9.17, 15) is 14.7 Å². The van der Waals surface area contributed by atoms with Crippen molar-refractivity contribution in [3.63, 3.8) is 0 Å². The molecule has 2 N–H and O–H groups in total. The molecule has 1 aliphatic heterocycles. The van der Waals surface area contributed by atoms with Gasteiger partial charge in [-0.2, -0.15) is 0 Å². The van der Waals surface area contributed by atoms with Crippen molar-refractivity contribution in [2.24, 2.45) is 0 Å². The number of nitrogens with zero attached hydrogens (tertiary/aromatic N) is 1. The first kappa shape index (κ1) is 22.7. The Hall–Kier alpha value is -3.00. The van der Waals surface area contributed by atoms with Gasteiger partial charge in [0, 0.05) is 12.2 Å². The molecule has 0 aliphatic carbocycles. The Morgan fingerprint density at radius 1 is 1.26 bits per heavy atom. The Morgan fingerprint density at radius 3 is 2.61 bits per heavy atom. The van der Waals surface area contributed by atoms with Crippen LogP contribution in [0.2, 0.25) is 0 Å². The Kier molecular flexibility index (Phi) is 7.22. The van der Waals surface area contributed by atoms with E-state index in [1.807, 2.05) is 30.3 Å². The van der Waals surface area contributed by atoms with E-state index in [0.717, 1.165) is 5.56 Å². The minimum atomic E-state index is -0.745. The minimum Gasteiger partial charge on any atom is -0.503 e. The molecule has 1 heterocycles. The van der Waals surface area contributed by atoms with Crippen molar-refractivity contribution in [2.45, 2.75) is 26.3 Å². The number of amides is 2. The number of aromatic hydroxyl groups is 1. The number of nitrogens with one attached hydrogen (secondary N) is 1. The maximum absolute atomic E-state index is 13.0. The standard InChI is InChI=1S/C23H25BrN2O5/c1-4-31-22(28)19-14(2)26(11-10-15-8-6-5-7-9-15)23(29)25-20(19)16-12-17(24)21(27)18(13-16)30-3/h5-9,12-13,20,27H,4,10-11H2,1-3H3,(H,25,29)/t20-/m0/s1. The van der Waals surface area contributed by atoms with Crippen molar-refractivity contribution in [1.29, 1.82) is 0 Å². The summed E-state index contributed by atoms with van der Waals surface area (Å²) in [6, 6.07) is 12.0. The van der Waals surface area contributed by atoms with Gasteiger partial charge in [-0.15, -0.1) is 0 Å². The lowest BCUT2D eigenvalue weighted by molar-refractivity contribution is -0.139. The third kappa shape index (κ3) is 4.85. The molecule has 3 rings (SSSR count). The van der Waals surface area contributed by atoms with Crippen LogP contribution in [0.25, 0.3) is 0 Å². The summed E-state index contributed by atoms with van der Waals surface area (Å²) < 4.78 is 10.9. The second-order valence-corrected chi connectivity index (χ2v) is 7.90. The summed E-state index contributed by atoms with van der Waals surface area (Å²) in [6.45, 7) is 4.11. The van der Waals surface area contributed by atoms with Gasteiger partial charge in [0.1, 0.15) is 0 Å². The fraction of sp³-hybridized carbons (Fsp3) is 0.304. The summed E-state index contributed by atoms with van der Waals surface area (Å²) in [4.78, 5) is 27.4. The molecule has 8 heteroatoms. The summed E-state index contributed by atoms with van der Waals surface area (Å²) in [7, 11) is 1.43. The Labute approximate surface area is 189 Å². The molecule has 0 spiro atoms. The van der Waals surface area contributed by atoms with Gasteiger partial charge in [-0.25, -0.2) is 9.59 Å². The number of rotatable bonds is 7. The van der Waals surface area contributed by atoms with Gasteiger partial charge >= 0.3 is 12.0 Å². The van der Waals surface area contributed by atoms with Gasteiger partial charge in [-0.05, 0) is 59.5 Å². The van der Waals surface area contributed by atoms with Crippen LogP contribution in [0.3, 0.4) is 0 Å². The number of urea groups is 1. The number of phenolic OH excluding ortho intramolecular Hbond substituents is 1. The molecule has 0 unspecified atom stereocenters. The van der Waals surface area contributed by atoms with Crippen LogP contribution >= 0.6 is 15.9 Å². The zero-order chi connectivity index (χ0) is 22.5. The molecule has 0 radical (unpaired) electrons. The predicted octanol–water partition coefficient (Wildman–Crippen LogP) is 4.31. The highest BCUT2D eigenvalue weighted by atomic mass is 79.9. The third-order valence-corrected chi connectivity index (χ3v) is 5.77. The average molecular weight is 489 g/mol. The number of carbonyl (C=O) groups excluding carboxylic acids is 2. The maximum Gasteiger partial charge on any atom is 0.338 e. The van der Waals surface area contributed by atoms with Gasteiger partial charge in [0.05, 0.1) is 29.8 Å². The highest BCUT2D eigenvalue weighted by molar-refractivity contribution is 9.10. The number of hydrogen-bond donors (Lipinski definition) is 2. The number of ether oxygens (including phenoxy) is 2. The molecule has 0 saturated carbocycles. The smallest absolute Gasteiger partial charge is 0.338 e. The van der Waals surface area contributed by atoms with E-state index in [-0.39, 0.29) is 24.1 Å². The quantitative estimate of drug-likeness (QED) is 0.566. The van der Waals surface area contributed by atoms with Crippen LogP contribution in [0.1, 0.15) is 31.0 Å². The summed E-state index contributed by atoms with van der Waals surface area (Å²) in [5.74, 6) is -0.333. The van der Waals surface area contributed by atoms with E-state index in [1.54, 1.807) is 30.9 Å². The number of methoxy groups -OCH3 is 1. The number of phenols is 1. The van der Waals surface area contributed by atoms with Crippen LogP contribution < -0.4 is 10.1 Å². The predicted molar refractivity (Wildman–Crippen MR) is 120 cm³/mol. The Morgan fingerprint density at radius 2 is 1.97 bits per heavy atom. The lowest BCUT2D eigenvalue weighted by Crippen LogP contribution is -2.48. The molecular formula is C23H25BrN2O5. The second kappa shape index (κ2) is 9.87. The molecule has 31 heavy (non-hydrogen) atoms. The molecule has 0 bridgehead atoms. The highest BCUT2D eigenvalue weighted by Gasteiger charge is 2.37. The summed E-state index contributed by atoms with van der Waals surface area (Å²) in [5, 5.41) is 13.0. The minimum absolute atomic E-state index is 0.0590. The molecule has 0 aromatic heterocycles. The zero-order valence-corrected chi connectivity index (χ0v) is 19.2. The molecule has 1 aliphatic rings. The number of halogens is 1. The summed E-state index contributed by atoms with van der Waals surface area (Å²) >= 11 is 3.30. The number of allylic oxidation sites excluding steroid dienone is 1. The summed E-state index contributed by atoms with van der Waals surface area (Å²) in [5.41, 5.74) is 2.55. The highest BCUT2D eigenvalue weighted by Crippen LogP contribution is 2.40. The molecule has 164 valence electrons. The topological polar surface area (TPSA) is 88.1 Å². The van der Waals surface area contributed by atoms with Crippen molar-refractivity contribution >= 4 is 27.9 Å². The maximum atomic E-state index is 13.0. The second-order valence-electron chi connectivity index (χ2n) is 7.04. The SMILES string of the molecule is CCOC(=O)C1=C(C)N(CCc2ccccc2)C(=O)N[C@H]1c1cc(Br)c(O)c(OC)c1. The fourth-order valence-electron chi connectivity index (χ4n) is 3.58. The zero-order valence-electron chi connectivity index (χ0n) is 17.6. The van der Waals surface area contributed by atoms with Gasteiger partial charge in [0.2, 0.25) is 0 Å². The van der Waals surface area contributed by atoms with Gasteiger partial charge < -0.3 is 19.9 Å². The number of esters is 1. The number of hydrogen-bond acceptors (Lipinski definition) is 5. The van der Waals surface area contributed by atoms with E-state index in [0.29, 0.717) is 34.3 Å². The lowest BCUT2D eigenvalue weighted by atomic mass is 9.94. The first-order valence-electron chi connectivity index (χ1n) is 9.93. The molecule has 7 nitrogen and oxygen atoms in total. The third-order valence-electron chi connectivity index (χ3n) is 5.16. The number of benzene rings is 2. The fourth-order valence-corrected chi connectivity index (χ4v) is 4.04. The average Bonchev–Trinajstić information content (AvgIpc) is 2.75. The monoisotopic (exact) mass is 488 g/mol. The van der Waals surface area contributed by atoms with E-state index in [1.165, 1.54) is 7.11 Å². The normalized spacial score (nSPS) is 16.2. The van der Waals surface area contributed by atoms with Crippen molar-refractivity contribution in [2.75, 3.05) is 20.3 Å². The largest absolute Gasteiger partial charge is 0.503 e. The Balaban J connectivity index is 2.01. The van der Waals surface area contributed by atoms with Crippen LogP contribution in [-0.4, -0.2) is 42.3 Å². The molecule has 0 saturated heterocycles. The van der Waals surface area contributed by atoms with E-state index >= 15 is 0 Å². The van der Waals surface area contributed by atoms with Gasteiger partial charge in [-0.3, -0.25) is 4.90 Å². The van der Waals surface area contributed by atoms with Crippen molar-refractivity contribution in [1.82, 2.24) is 10.2 Å². The van der Waals surface area contributed by atoms with Crippen LogP contribution in [-0.2, 0) is 16.0 Å². The molecule has 0 fully saturated rings. The van der Waals surface area contributed by atoms with Crippen LogP contribution in [0.4, 0.5) is 4.79 Å². The molecule has 2 aromatic carbocycles.